The van der Waals surface area contributed by atoms with Gasteiger partial charge in [-0.05, 0) is 30.7 Å². The van der Waals surface area contributed by atoms with Gasteiger partial charge in [0.05, 0.1) is 11.9 Å². The molecule has 0 amide bonds. The van der Waals surface area contributed by atoms with Gasteiger partial charge in [-0.1, -0.05) is 13.5 Å². The van der Waals surface area contributed by atoms with E-state index in [4.69, 9.17) is 4.74 Å². The first-order valence-corrected chi connectivity index (χ1v) is 6.21. The van der Waals surface area contributed by atoms with Gasteiger partial charge in [0, 0.05) is 18.7 Å². The minimum atomic E-state index is -0.0733. The predicted molar refractivity (Wildman–Crippen MR) is 74.7 cm³/mol. The highest BCUT2D eigenvalue weighted by Crippen LogP contribution is 2.15. The Labute approximate surface area is 112 Å². The maximum absolute atomic E-state index is 12.0. The monoisotopic (exact) mass is 256 g/mol. The van der Waals surface area contributed by atoms with Gasteiger partial charge in [-0.2, -0.15) is 0 Å². The standard InChI is InChI=1S/C15H16N2O2/c1-3-5-14-16-11-10-15(18)17(14)12-6-8-13(9-7-12)19-4-2/h4,6-11H,2-3,5H2,1H3. The van der Waals surface area contributed by atoms with Crippen LogP contribution in [0.4, 0.5) is 0 Å². The summed E-state index contributed by atoms with van der Waals surface area (Å²) in [4.78, 5) is 16.3. The maximum Gasteiger partial charge on any atom is 0.258 e. The molecular weight excluding hydrogens is 240 g/mol. The van der Waals surface area contributed by atoms with Crippen LogP contribution in [0.15, 0.2) is 54.2 Å². The number of rotatable bonds is 5. The minimum Gasteiger partial charge on any atom is -0.466 e. The van der Waals surface area contributed by atoms with Crippen molar-refractivity contribution < 1.29 is 4.74 Å². The lowest BCUT2D eigenvalue weighted by atomic mass is 10.2. The summed E-state index contributed by atoms with van der Waals surface area (Å²) in [5.74, 6) is 1.46. The molecule has 4 nitrogen and oxygen atoms in total. The zero-order valence-electron chi connectivity index (χ0n) is 10.9. The Kier molecular flexibility index (Phi) is 4.13. The Morgan fingerprint density at radius 2 is 2.05 bits per heavy atom. The molecule has 0 saturated carbocycles. The molecule has 2 aromatic rings. The number of hydrogen-bond acceptors (Lipinski definition) is 3. The zero-order valence-corrected chi connectivity index (χ0v) is 10.9. The second-order valence-corrected chi connectivity index (χ2v) is 4.06. The SMILES string of the molecule is C=COc1ccc(-n2c(CCC)nccc2=O)cc1. The molecule has 0 saturated heterocycles. The molecule has 0 fully saturated rings. The van der Waals surface area contributed by atoms with E-state index in [1.54, 1.807) is 22.9 Å². The van der Waals surface area contributed by atoms with Crippen LogP contribution in [-0.2, 0) is 6.42 Å². The fourth-order valence-corrected chi connectivity index (χ4v) is 1.89. The molecule has 0 radical (unpaired) electrons. The Balaban J connectivity index is 2.45. The quantitative estimate of drug-likeness (QED) is 0.772. The van der Waals surface area contributed by atoms with Crippen molar-refractivity contribution in [2.75, 3.05) is 0 Å². The molecule has 0 N–H and O–H groups in total. The molecular formula is C15H16N2O2. The van der Waals surface area contributed by atoms with E-state index in [-0.39, 0.29) is 5.56 Å². The fraction of sp³-hybridized carbons (Fsp3) is 0.200. The Bertz CT molecular complexity index is 615. The maximum atomic E-state index is 12.0. The van der Waals surface area contributed by atoms with Crippen LogP contribution >= 0.6 is 0 Å². The van der Waals surface area contributed by atoms with E-state index < -0.39 is 0 Å². The van der Waals surface area contributed by atoms with E-state index in [9.17, 15) is 4.79 Å². The summed E-state index contributed by atoms with van der Waals surface area (Å²) >= 11 is 0. The summed E-state index contributed by atoms with van der Waals surface area (Å²) in [6.45, 7) is 5.56. The van der Waals surface area contributed by atoms with Gasteiger partial charge in [-0.25, -0.2) is 4.98 Å². The molecule has 0 atom stereocenters. The first kappa shape index (κ1) is 13.1. The molecule has 19 heavy (non-hydrogen) atoms. The summed E-state index contributed by atoms with van der Waals surface area (Å²) < 4.78 is 6.79. The molecule has 0 unspecified atom stereocenters. The number of ether oxygens (including phenoxy) is 1. The molecule has 1 heterocycles. The van der Waals surface area contributed by atoms with Crippen molar-refractivity contribution in [2.24, 2.45) is 0 Å². The predicted octanol–water partition coefficient (Wildman–Crippen LogP) is 2.71. The third kappa shape index (κ3) is 2.91. The van der Waals surface area contributed by atoms with Crippen LogP contribution in [0.3, 0.4) is 0 Å². The number of hydrogen-bond donors (Lipinski definition) is 0. The summed E-state index contributed by atoms with van der Waals surface area (Å²) in [5.41, 5.74) is 0.716. The van der Waals surface area contributed by atoms with Crippen molar-refractivity contribution in [3.05, 3.63) is 65.5 Å². The lowest BCUT2D eigenvalue weighted by Gasteiger charge is -2.11. The number of benzene rings is 1. The molecule has 0 aliphatic heterocycles. The zero-order chi connectivity index (χ0) is 13.7. The van der Waals surface area contributed by atoms with Crippen molar-refractivity contribution >= 4 is 0 Å². The Hall–Kier alpha value is -2.36. The lowest BCUT2D eigenvalue weighted by Crippen LogP contribution is -2.22. The number of aromatic nitrogens is 2. The Morgan fingerprint density at radius 1 is 1.32 bits per heavy atom. The molecule has 1 aromatic carbocycles. The van der Waals surface area contributed by atoms with E-state index in [1.807, 2.05) is 12.1 Å². The minimum absolute atomic E-state index is 0.0733. The highest BCUT2D eigenvalue weighted by atomic mass is 16.5. The normalized spacial score (nSPS) is 10.2. The van der Waals surface area contributed by atoms with Gasteiger partial charge >= 0.3 is 0 Å². The van der Waals surface area contributed by atoms with E-state index in [2.05, 4.69) is 18.5 Å². The average Bonchev–Trinajstić information content (AvgIpc) is 2.41. The molecule has 0 aliphatic rings. The first-order valence-electron chi connectivity index (χ1n) is 6.21. The molecule has 0 bridgehead atoms. The van der Waals surface area contributed by atoms with E-state index in [0.29, 0.717) is 5.75 Å². The van der Waals surface area contributed by atoms with Crippen LogP contribution in [0.25, 0.3) is 5.69 Å². The topological polar surface area (TPSA) is 44.1 Å². The average molecular weight is 256 g/mol. The third-order valence-corrected chi connectivity index (χ3v) is 2.71. The summed E-state index contributed by atoms with van der Waals surface area (Å²) in [6.07, 6.45) is 4.63. The van der Waals surface area contributed by atoms with Crippen LogP contribution in [0.2, 0.25) is 0 Å². The van der Waals surface area contributed by atoms with Gasteiger partial charge in [0.25, 0.3) is 5.56 Å². The van der Waals surface area contributed by atoms with Crippen LogP contribution in [-0.4, -0.2) is 9.55 Å². The fourth-order valence-electron chi connectivity index (χ4n) is 1.89. The molecule has 2 rings (SSSR count). The van der Waals surface area contributed by atoms with Crippen LogP contribution in [0.5, 0.6) is 5.75 Å². The molecule has 0 aliphatic carbocycles. The second kappa shape index (κ2) is 6.00. The van der Waals surface area contributed by atoms with Gasteiger partial charge in [0.1, 0.15) is 11.6 Å². The smallest absolute Gasteiger partial charge is 0.258 e. The van der Waals surface area contributed by atoms with E-state index in [0.717, 1.165) is 24.4 Å². The van der Waals surface area contributed by atoms with Crippen LogP contribution < -0.4 is 10.3 Å². The van der Waals surface area contributed by atoms with Crippen molar-refractivity contribution in [3.8, 4) is 11.4 Å². The molecule has 98 valence electrons. The van der Waals surface area contributed by atoms with E-state index in [1.165, 1.54) is 12.3 Å². The van der Waals surface area contributed by atoms with Crippen molar-refractivity contribution in [1.29, 1.82) is 0 Å². The van der Waals surface area contributed by atoms with Crippen LogP contribution in [0.1, 0.15) is 19.2 Å². The Morgan fingerprint density at radius 3 is 2.68 bits per heavy atom. The van der Waals surface area contributed by atoms with Gasteiger partial charge in [0.15, 0.2) is 0 Å². The number of aryl methyl sites for hydroxylation is 1. The van der Waals surface area contributed by atoms with Crippen molar-refractivity contribution in [3.63, 3.8) is 0 Å². The van der Waals surface area contributed by atoms with E-state index >= 15 is 0 Å². The van der Waals surface area contributed by atoms with Gasteiger partial charge in [-0.3, -0.25) is 9.36 Å². The van der Waals surface area contributed by atoms with Gasteiger partial charge < -0.3 is 4.74 Å². The van der Waals surface area contributed by atoms with Crippen LogP contribution in [0, 0.1) is 0 Å². The summed E-state index contributed by atoms with van der Waals surface area (Å²) in [6, 6.07) is 8.73. The first-order chi connectivity index (χ1) is 9.26. The highest BCUT2D eigenvalue weighted by molar-refractivity contribution is 5.38. The highest BCUT2D eigenvalue weighted by Gasteiger charge is 2.06. The largest absolute Gasteiger partial charge is 0.466 e. The molecule has 0 spiro atoms. The number of nitrogens with zero attached hydrogens (tertiary/aromatic N) is 2. The van der Waals surface area contributed by atoms with Gasteiger partial charge in [-0.15, -0.1) is 0 Å². The third-order valence-electron chi connectivity index (χ3n) is 2.71. The second-order valence-electron chi connectivity index (χ2n) is 4.06. The molecule has 1 aromatic heterocycles. The lowest BCUT2D eigenvalue weighted by molar-refractivity contribution is 0.483. The van der Waals surface area contributed by atoms with Crippen molar-refractivity contribution in [2.45, 2.75) is 19.8 Å². The summed E-state index contributed by atoms with van der Waals surface area (Å²) in [7, 11) is 0. The van der Waals surface area contributed by atoms with Crippen molar-refractivity contribution in [1.82, 2.24) is 9.55 Å². The van der Waals surface area contributed by atoms with Gasteiger partial charge in [0.2, 0.25) is 0 Å². The summed E-state index contributed by atoms with van der Waals surface area (Å²) in [5, 5.41) is 0. The molecule has 4 heteroatoms.